The molecule has 2 nitrogen and oxygen atoms in total. The van der Waals surface area contributed by atoms with Gasteiger partial charge in [-0.15, -0.1) is 0 Å². The normalized spacial score (nSPS) is 9.80. The summed E-state index contributed by atoms with van der Waals surface area (Å²) in [7, 11) is 0. The third kappa shape index (κ3) is 1.44. The third-order valence-corrected chi connectivity index (χ3v) is 2.36. The number of fused-ring (bicyclic) bond motifs is 1. The van der Waals surface area contributed by atoms with E-state index in [1.807, 2.05) is 24.3 Å². The van der Waals surface area contributed by atoms with Gasteiger partial charge in [0.15, 0.2) is 0 Å². The van der Waals surface area contributed by atoms with Crippen molar-refractivity contribution in [2.75, 3.05) is 0 Å². The predicted molar refractivity (Wildman–Crippen MR) is 60.4 cm³/mol. The number of phenols is 1. The van der Waals surface area contributed by atoms with Crippen LogP contribution in [0.3, 0.4) is 0 Å². The average Bonchev–Trinajstić information content (AvgIpc) is 2.28. The Morgan fingerprint density at radius 1 is 1.27 bits per heavy atom. The average molecular weight is 195 g/mol. The summed E-state index contributed by atoms with van der Waals surface area (Å²) < 4.78 is 0. The SMILES string of the molecule is C=Cc1cccc2c(O)cc(C#N)cc12. The lowest BCUT2D eigenvalue weighted by Gasteiger charge is -2.04. The molecule has 0 spiro atoms. The van der Waals surface area contributed by atoms with E-state index in [4.69, 9.17) is 5.26 Å². The van der Waals surface area contributed by atoms with Crippen molar-refractivity contribution in [3.8, 4) is 11.8 Å². The van der Waals surface area contributed by atoms with Crippen molar-refractivity contribution in [3.63, 3.8) is 0 Å². The van der Waals surface area contributed by atoms with Crippen LogP contribution in [0, 0.1) is 11.3 Å². The van der Waals surface area contributed by atoms with Gasteiger partial charge in [-0.3, -0.25) is 0 Å². The molecule has 0 aliphatic heterocycles. The van der Waals surface area contributed by atoms with Crippen LogP contribution in [-0.2, 0) is 0 Å². The highest BCUT2D eigenvalue weighted by Gasteiger charge is 2.04. The second-order valence-corrected chi connectivity index (χ2v) is 3.25. The zero-order valence-corrected chi connectivity index (χ0v) is 8.07. The molecule has 0 radical (unpaired) electrons. The lowest BCUT2D eigenvalue weighted by molar-refractivity contribution is 0.481. The molecule has 0 aliphatic rings. The van der Waals surface area contributed by atoms with Crippen LogP contribution in [0.15, 0.2) is 36.9 Å². The fraction of sp³-hybridized carbons (Fsp3) is 0. The monoisotopic (exact) mass is 195 g/mol. The maximum atomic E-state index is 9.72. The van der Waals surface area contributed by atoms with Gasteiger partial charge in [0, 0.05) is 5.39 Å². The predicted octanol–water partition coefficient (Wildman–Crippen LogP) is 3.06. The molecule has 0 aromatic heterocycles. The van der Waals surface area contributed by atoms with E-state index in [0.717, 1.165) is 16.3 Å². The Morgan fingerprint density at radius 3 is 2.73 bits per heavy atom. The molecule has 15 heavy (non-hydrogen) atoms. The van der Waals surface area contributed by atoms with Gasteiger partial charge in [-0.05, 0) is 23.1 Å². The molecule has 0 atom stereocenters. The summed E-state index contributed by atoms with van der Waals surface area (Å²) in [6.07, 6.45) is 1.71. The number of phenolic OH excluding ortho intramolecular Hbond substituents is 1. The van der Waals surface area contributed by atoms with Crippen molar-refractivity contribution in [1.29, 1.82) is 5.26 Å². The van der Waals surface area contributed by atoms with E-state index in [9.17, 15) is 5.11 Å². The molecular formula is C13H9NO. The van der Waals surface area contributed by atoms with E-state index >= 15 is 0 Å². The van der Waals surface area contributed by atoms with Crippen LogP contribution >= 0.6 is 0 Å². The third-order valence-electron chi connectivity index (χ3n) is 2.36. The minimum atomic E-state index is 0.132. The molecule has 0 saturated heterocycles. The number of hydrogen-bond donors (Lipinski definition) is 1. The molecule has 2 heteroatoms. The number of hydrogen-bond acceptors (Lipinski definition) is 2. The van der Waals surface area contributed by atoms with Crippen LogP contribution in [0.1, 0.15) is 11.1 Å². The summed E-state index contributed by atoms with van der Waals surface area (Å²) in [6.45, 7) is 3.70. The van der Waals surface area contributed by atoms with Crippen molar-refractivity contribution in [2.45, 2.75) is 0 Å². The Labute approximate surface area is 87.7 Å². The Bertz CT molecular complexity index is 579. The molecule has 0 aliphatic carbocycles. The summed E-state index contributed by atoms with van der Waals surface area (Å²) >= 11 is 0. The lowest BCUT2D eigenvalue weighted by atomic mass is 10.0. The van der Waals surface area contributed by atoms with E-state index in [2.05, 4.69) is 6.58 Å². The van der Waals surface area contributed by atoms with Crippen molar-refractivity contribution in [3.05, 3.63) is 48.0 Å². The van der Waals surface area contributed by atoms with Crippen LogP contribution in [0.4, 0.5) is 0 Å². The highest BCUT2D eigenvalue weighted by Crippen LogP contribution is 2.29. The van der Waals surface area contributed by atoms with Gasteiger partial charge in [-0.1, -0.05) is 30.9 Å². The maximum absolute atomic E-state index is 9.72. The molecule has 2 rings (SSSR count). The van der Waals surface area contributed by atoms with Crippen molar-refractivity contribution in [1.82, 2.24) is 0 Å². The number of nitriles is 1. The fourth-order valence-electron chi connectivity index (χ4n) is 1.63. The molecule has 1 N–H and O–H groups in total. The lowest BCUT2D eigenvalue weighted by Crippen LogP contribution is -1.82. The van der Waals surface area contributed by atoms with Crippen LogP contribution in [0.2, 0.25) is 0 Å². The highest BCUT2D eigenvalue weighted by atomic mass is 16.3. The number of nitrogens with zero attached hydrogens (tertiary/aromatic N) is 1. The molecule has 2 aromatic carbocycles. The zero-order valence-electron chi connectivity index (χ0n) is 8.07. The van der Waals surface area contributed by atoms with Gasteiger partial charge in [-0.2, -0.15) is 5.26 Å². The van der Waals surface area contributed by atoms with E-state index in [0.29, 0.717) is 5.56 Å². The zero-order chi connectivity index (χ0) is 10.8. The first-order chi connectivity index (χ1) is 7.26. The van der Waals surface area contributed by atoms with E-state index in [-0.39, 0.29) is 5.75 Å². The minimum Gasteiger partial charge on any atom is -0.507 e. The van der Waals surface area contributed by atoms with Gasteiger partial charge >= 0.3 is 0 Å². The van der Waals surface area contributed by atoms with Crippen LogP contribution in [0.5, 0.6) is 5.75 Å². The molecule has 0 bridgehead atoms. The number of aromatic hydroxyl groups is 1. The van der Waals surface area contributed by atoms with E-state index < -0.39 is 0 Å². The molecule has 72 valence electrons. The Kier molecular flexibility index (Phi) is 2.15. The summed E-state index contributed by atoms with van der Waals surface area (Å²) in [6, 6.07) is 10.8. The smallest absolute Gasteiger partial charge is 0.124 e. The Hall–Kier alpha value is -2.27. The van der Waals surface area contributed by atoms with E-state index in [1.165, 1.54) is 6.07 Å². The first kappa shape index (κ1) is 9.29. The Balaban J connectivity index is 2.93. The summed E-state index contributed by atoms with van der Waals surface area (Å²) in [5.74, 6) is 0.132. The van der Waals surface area contributed by atoms with Gasteiger partial charge in [0.05, 0.1) is 11.6 Å². The number of rotatable bonds is 1. The summed E-state index contributed by atoms with van der Waals surface area (Å²) in [5.41, 5.74) is 1.37. The van der Waals surface area contributed by atoms with Crippen molar-refractivity contribution >= 4 is 16.8 Å². The van der Waals surface area contributed by atoms with Crippen molar-refractivity contribution in [2.24, 2.45) is 0 Å². The molecule has 0 amide bonds. The summed E-state index contributed by atoms with van der Waals surface area (Å²) in [5, 5.41) is 20.1. The largest absolute Gasteiger partial charge is 0.507 e. The topological polar surface area (TPSA) is 44.0 Å². The van der Waals surface area contributed by atoms with Gasteiger partial charge in [-0.25, -0.2) is 0 Å². The van der Waals surface area contributed by atoms with Crippen LogP contribution < -0.4 is 0 Å². The Morgan fingerprint density at radius 2 is 2.07 bits per heavy atom. The van der Waals surface area contributed by atoms with Crippen LogP contribution in [0.25, 0.3) is 16.8 Å². The van der Waals surface area contributed by atoms with Crippen LogP contribution in [-0.4, -0.2) is 5.11 Å². The second kappa shape index (κ2) is 3.47. The fourth-order valence-corrected chi connectivity index (χ4v) is 1.63. The van der Waals surface area contributed by atoms with Gasteiger partial charge in [0.25, 0.3) is 0 Å². The standard InChI is InChI=1S/C13H9NO/c1-2-10-4-3-5-11-12(10)6-9(8-14)7-13(11)15/h2-7,15H,1H2. The second-order valence-electron chi connectivity index (χ2n) is 3.25. The first-order valence-electron chi connectivity index (χ1n) is 4.54. The quantitative estimate of drug-likeness (QED) is 0.759. The molecule has 0 fully saturated rings. The number of benzene rings is 2. The van der Waals surface area contributed by atoms with Gasteiger partial charge < -0.3 is 5.11 Å². The van der Waals surface area contributed by atoms with Gasteiger partial charge in [0.1, 0.15) is 5.75 Å². The molecule has 2 aromatic rings. The van der Waals surface area contributed by atoms with Gasteiger partial charge in [0.2, 0.25) is 0 Å². The highest BCUT2D eigenvalue weighted by molar-refractivity contribution is 5.95. The molecule has 0 unspecified atom stereocenters. The van der Waals surface area contributed by atoms with Crippen molar-refractivity contribution < 1.29 is 5.11 Å². The first-order valence-corrected chi connectivity index (χ1v) is 4.54. The summed E-state index contributed by atoms with van der Waals surface area (Å²) in [4.78, 5) is 0. The maximum Gasteiger partial charge on any atom is 0.124 e. The molecule has 0 heterocycles. The minimum absolute atomic E-state index is 0.132. The molecule has 0 saturated carbocycles. The molecular weight excluding hydrogens is 186 g/mol. The van der Waals surface area contributed by atoms with E-state index in [1.54, 1.807) is 12.1 Å².